The molecule has 2 amide bonds. The maximum absolute atomic E-state index is 12.3. The van der Waals surface area contributed by atoms with Crippen LogP contribution in [-0.4, -0.2) is 78.7 Å². The van der Waals surface area contributed by atoms with E-state index in [0.29, 0.717) is 44.2 Å². The highest BCUT2D eigenvalue weighted by atomic mass is 127. The van der Waals surface area contributed by atoms with Crippen molar-refractivity contribution in [2.45, 2.75) is 39.3 Å². The first-order chi connectivity index (χ1) is 14.2. The number of halogens is 1. The van der Waals surface area contributed by atoms with Crippen molar-refractivity contribution in [1.82, 2.24) is 15.1 Å². The maximum atomic E-state index is 12.3. The van der Waals surface area contributed by atoms with Gasteiger partial charge in [-0.3, -0.25) is 9.79 Å². The van der Waals surface area contributed by atoms with Gasteiger partial charge in [0.1, 0.15) is 18.0 Å². The second-order valence-corrected chi connectivity index (χ2v) is 8.42. The summed E-state index contributed by atoms with van der Waals surface area (Å²) in [4.78, 5) is 32.0. The minimum atomic E-state index is -0.491. The summed E-state index contributed by atoms with van der Waals surface area (Å²) < 4.78 is 11.2. The molecule has 0 bridgehead atoms. The van der Waals surface area contributed by atoms with Crippen LogP contribution in [0.1, 0.15) is 27.7 Å². The molecule has 2 aliphatic rings. The summed E-state index contributed by atoms with van der Waals surface area (Å²) in [6.07, 6.45) is -0.265. The molecule has 0 aromatic heterocycles. The monoisotopic (exact) mass is 545 g/mol. The number of carbonyl (C=O) groups excluding carboxylic acids is 2. The summed E-state index contributed by atoms with van der Waals surface area (Å²) in [6.45, 7) is 10.7. The van der Waals surface area contributed by atoms with E-state index in [1.54, 1.807) is 11.0 Å². The molecule has 0 aliphatic carbocycles. The Morgan fingerprint density at radius 3 is 2.74 bits per heavy atom. The predicted octanol–water partition coefficient (Wildman–Crippen LogP) is 2.52. The van der Waals surface area contributed by atoms with E-state index in [-0.39, 0.29) is 42.0 Å². The van der Waals surface area contributed by atoms with E-state index in [1.165, 1.54) is 6.92 Å². The third-order valence-electron chi connectivity index (χ3n) is 4.67. The average molecular weight is 545 g/mol. The Kier molecular flexibility index (Phi) is 8.78. The summed E-state index contributed by atoms with van der Waals surface area (Å²) in [5.41, 5.74) is 0.216. The zero-order chi connectivity index (χ0) is 21.7. The topological polar surface area (TPSA) is 95.5 Å². The van der Waals surface area contributed by atoms with E-state index < -0.39 is 5.60 Å². The lowest BCUT2D eigenvalue weighted by Gasteiger charge is -2.39. The number of hydrogen-bond acceptors (Lipinski definition) is 7. The van der Waals surface area contributed by atoms with Crippen LogP contribution in [0.15, 0.2) is 29.3 Å². The highest BCUT2D eigenvalue weighted by Crippen LogP contribution is 2.19. The average Bonchev–Trinajstić information content (AvgIpc) is 3.06. The van der Waals surface area contributed by atoms with Gasteiger partial charge in [0, 0.05) is 38.3 Å². The van der Waals surface area contributed by atoms with Crippen LogP contribution in [0.25, 0.3) is 0 Å². The number of amides is 2. The Bertz CT molecular complexity index is 811. The first-order valence-electron chi connectivity index (χ1n) is 10.2. The van der Waals surface area contributed by atoms with Crippen LogP contribution in [0.3, 0.4) is 0 Å². The molecule has 2 N–H and O–H groups in total. The van der Waals surface area contributed by atoms with Crippen LogP contribution < -0.4 is 15.4 Å². The van der Waals surface area contributed by atoms with Crippen molar-refractivity contribution in [2.24, 2.45) is 4.99 Å². The smallest absolute Gasteiger partial charge is 0.410 e. The van der Waals surface area contributed by atoms with Crippen molar-refractivity contribution in [2.75, 3.05) is 44.6 Å². The van der Waals surface area contributed by atoms with Gasteiger partial charge in [0.2, 0.25) is 5.91 Å². The minimum Gasteiger partial charge on any atom is -0.492 e. The van der Waals surface area contributed by atoms with Gasteiger partial charge in [0.05, 0.1) is 19.1 Å². The van der Waals surface area contributed by atoms with Gasteiger partial charge < -0.3 is 29.9 Å². The lowest BCUT2D eigenvalue weighted by Crippen LogP contribution is -2.57. The lowest BCUT2D eigenvalue weighted by atomic mass is 10.2. The van der Waals surface area contributed by atoms with E-state index in [4.69, 9.17) is 9.47 Å². The molecule has 2 aliphatic heterocycles. The molecular formula is C21H32IN5O4. The molecule has 0 spiro atoms. The van der Waals surface area contributed by atoms with E-state index in [2.05, 4.69) is 20.5 Å². The second kappa shape index (κ2) is 10.9. The molecule has 1 unspecified atom stereocenters. The number of fused-ring (bicyclic) bond motifs is 1. The van der Waals surface area contributed by atoms with E-state index >= 15 is 0 Å². The molecule has 1 aromatic carbocycles. The number of benzene rings is 1. The van der Waals surface area contributed by atoms with Crippen LogP contribution in [0.2, 0.25) is 0 Å². The summed E-state index contributed by atoms with van der Waals surface area (Å²) in [6, 6.07) is 7.47. The van der Waals surface area contributed by atoms with Crippen molar-refractivity contribution < 1.29 is 19.1 Å². The minimum absolute atomic E-state index is 0. The van der Waals surface area contributed by atoms with Gasteiger partial charge >= 0.3 is 6.09 Å². The number of anilines is 1. The predicted molar refractivity (Wildman–Crippen MR) is 130 cm³/mol. The molecule has 1 atom stereocenters. The van der Waals surface area contributed by atoms with Crippen LogP contribution in [0.4, 0.5) is 10.5 Å². The quantitative estimate of drug-likeness (QED) is 0.437. The van der Waals surface area contributed by atoms with Gasteiger partial charge in [0.25, 0.3) is 0 Å². The van der Waals surface area contributed by atoms with Crippen LogP contribution in [0.5, 0.6) is 5.75 Å². The number of carbonyl (C=O) groups is 2. The van der Waals surface area contributed by atoms with Gasteiger partial charge in [0.15, 0.2) is 5.96 Å². The first-order valence-corrected chi connectivity index (χ1v) is 10.2. The lowest BCUT2D eigenvalue weighted by molar-refractivity contribution is -0.114. The molecule has 9 nitrogen and oxygen atoms in total. The third-order valence-corrected chi connectivity index (χ3v) is 4.67. The molecule has 1 fully saturated rings. The van der Waals surface area contributed by atoms with Crippen LogP contribution in [-0.2, 0) is 9.53 Å². The number of hydrogen-bond donors (Lipinski definition) is 2. The third kappa shape index (κ3) is 7.44. The summed E-state index contributed by atoms with van der Waals surface area (Å²) >= 11 is 0. The van der Waals surface area contributed by atoms with Gasteiger partial charge in [-0.05, 0) is 32.9 Å². The molecule has 2 heterocycles. The van der Waals surface area contributed by atoms with Crippen molar-refractivity contribution in [3.05, 3.63) is 24.3 Å². The number of rotatable bonds is 5. The largest absolute Gasteiger partial charge is 0.492 e. The van der Waals surface area contributed by atoms with Gasteiger partial charge in [-0.25, -0.2) is 4.79 Å². The highest BCUT2D eigenvalue weighted by molar-refractivity contribution is 14.0. The van der Waals surface area contributed by atoms with E-state index in [0.717, 1.165) is 12.5 Å². The molecule has 0 saturated carbocycles. The first kappa shape index (κ1) is 25.0. The normalized spacial score (nSPS) is 17.8. The van der Waals surface area contributed by atoms with Crippen molar-refractivity contribution in [3.63, 3.8) is 0 Å². The number of nitrogens with zero attached hydrogens (tertiary/aromatic N) is 3. The van der Waals surface area contributed by atoms with Gasteiger partial charge in [-0.2, -0.15) is 0 Å². The second-order valence-electron chi connectivity index (χ2n) is 8.42. The molecule has 10 heteroatoms. The zero-order valence-electron chi connectivity index (χ0n) is 18.5. The summed E-state index contributed by atoms with van der Waals surface area (Å²) in [5.74, 6) is 1.43. The number of nitrogens with one attached hydrogen (secondary N) is 2. The molecule has 1 saturated heterocycles. The molecule has 31 heavy (non-hydrogen) atoms. The SMILES string of the molecule is CC(=O)Nc1cccc(OCCNC2=NCC3CN(C(=O)OC(C)(C)C)CCN23)c1.I. The molecule has 0 radical (unpaired) electrons. The molecular weight excluding hydrogens is 513 g/mol. The molecule has 172 valence electrons. The Hall–Kier alpha value is -2.24. The number of ether oxygens (including phenoxy) is 2. The fourth-order valence-electron chi connectivity index (χ4n) is 3.42. The van der Waals surface area contributed by atoms with Crippen LogP contribution >= 0.6 is 24.0 Å². The number of piperazine rings is 1. The fourth-order valence-corrected chi connectivity index (χ4v) is 3.42. The van der Waals surface area contributed by atoms with E-state index in [9.17, 15) is 9.59 Å². The Morgan fingerprint density at radius 2 is 2.03 bits per heavy atom. The van der Waals surface area contributed by atoms with Crippen LogP contribution in [0, 0.1) is 0 Å². The summed E-state index contributed by atoms with van der Waals surface area (Å²) in [7, 11) is 0. The Morgan fingerprint density at radius 1 is 1.26 bits per heavy atom. The number of guanidine groups is 1. The Labute approximate surface area is 200 Å². The zero-order valence-corrected chi connectivity index (χ0v) is 20.8. The fraction of sp³-hybridized carbons (Fsp3) is 0.571. The molecule has 1 aromatic rings. The van der Waals surface area contributed by atoms with Crippen molar-refractivity contribution >= 4 is 47.6 Å². The standard InChI is InChI=1S/C21H31N5O4.HI/c1-15(27)24-16-6-5-7-18(12-16)29-11-8-22-19-23-13-17-14-25(9-10-26(17)19)20(28)30-21(2,3)4;/h5-7,12,17H,8-11,13-14H2,1-4H3,(H,22,23)(H,24,27);1H. The highest BCUT2D eigenvalue weighted by Gasteiger charge is 2.36. The number of aliphatic imine (C=N–C) groups is 1. The maximum Gasteiger partial charge on any atom is 0.410 e. The van der Waals surface area contributed by atoms with Gasteiger partial charge in [-0.15, -0.1) is 24.0 Å². The van der Waals surface area contributed by atoms with E-state index in [1.807, 2.05) is 39.0 Å². The molecule has 3 rings (SSSR count). The van der Waals surface area contributed by atoms with Crippen molar-refractivity contribution in [1.29, 1.82) is 0 Å². The summed E-state index contributed by atoms with van der Waals surface area (Å²) in [5, 5.41) is 6.06. The van der Waals surface area contributed by atoms with Gasteiger partial charge in [-0.1, -0.05) is 6.07 Å². The Balaban J connectivity index is 0.00000341. The van der Waals surface area contributed by atoms with Crippen molar-refractivity contribution in [3.8, 4) is 5.75 Å².